The van der Waals surface area contributed by atoms with Crippen molar-refractivity contribution in [2.75, 3.05) is 0 Å². The number of hydrogen-bond donors (Lipinski definition) is 0. The zero-order valence-electron chi connectivity index (χ0n) is 16.6. The molecule has 1 aromatic rings. The van der Waals surface area contributed by atoms with Gasteiger partial charge in [0.05, 0.1) is 5.92 Å². The summed E-state index contributed by atoms with van der Waals surface area (Å²) in [4.78, 5) is 50.6. The summed E-state index contributed by atoms with van der Waals surface area (Å²) in [5.74, 6) is -1.68. The van der Waals surface area contributed by atoms with E-state index in [1.165, 1.54) is 13.2 Å². The molecule has 4 aliphatic rings. The highest BCUT2D eigenvalue weighted by Gasteiger charge is 2.60. The molecule has 29 heavy (non-hydrogen) atoms. The van der Waals surface area contributed by atoms with Crippen LogP contribution in [0.2, 0.25) is 0 Å². The number of furan rings is 1. The van der Waals surface area contributed by atoms with Crippen molar-refractivity contribution >= 4 is 23.5 Å². The summed E-state index contributed by atoms with van der Waals surface area (Å²) >= 11 is 0. The molecular formula is C22H22O7. The van der Waals surface area contributed by atoms with Gasteiger partial charge in [-0.25, -0.2) is 4.79 Å². The van der Waals surface area contributed by atoms with Gasteiger partial charge in [0, 0.05) is 42.2 Å². The summed E-state index contributed by atoms with van der Waals surface area (Å²) in [5, 5.41) is 0. The lowest BCUT2D eigenvalue weighted by molar-refractivity contribution is -0.149. The van der Waals surface area contributed by atoms with Crippen LogP contribution in [0.15, 0.2) is 21.8 Å². The summed E-state index contributed by atoms with van der Waals surface area (Å²) in [6, 6.07) is 0. The van der Waals surface area contributed by atoms with Crippen LogP contribution in [0.4, 0.5) is 0 Å². The molecule has 0 bridgehead atoms. The van der Waals surface area contributed by atoms with Crippen molar-refractivity contribution in [1.82, 2.24) is 0 Å². The number of fused-ring (bicyclic) bond motifs is 3. The number of allylic oxidation sites excluding steroid dienone is 1. The zero-order valence-corrected chi connectivity index (χ0v) is 16.6. The normalized spacial score (nSPS) is 35.1. The molecule has 0 radical (unpaired) electrons. The maximum Gasteiger partial charge on any atom is 0.342 e. The molecule has 152 valence electrons. The van der Waals surface area contributed by atoms with E-state index in [1.807, 2.05) is 13.8 Å². The molecule has 0 N–H and O–H groups in total. The van der Waals surface area contributed by atoms with Crippen molar-refractivity contribution in [2.24, 2.45) is 11.3 Å². The predicted octanol–water partition coefficient (Wildman–Crippen LogP) is 3.13. The molecule has 0 saturated heterocycles. The molecule has 5 atom stereocenters. The van der Waals surface area contributed by atoms with E-state index in [0.717, 1.165) is 0 Å². The van der Waals surface area contributed by atoms with Crippen LogP contribution < -0.4 is 0 Å². The maximum atomic E-state index is 13.5. The van der Waals surface area contributed by atoms with Crippen LogP contribution in [0, 0.1) is 11.3 Å². The number of Topliss-reactive ketones (excluding diaryl/α,β-unsaturated/α-hetero) is 2. The van der Waals surface area contributed by atoms with Crippen molar-refractivity contribution in [1.29, 1.82) is 0 Å². The van der Waals surface area contributed by atoms with Gasteiger partial charge in [-0.3, -0.25) is 14.4 Å². The monoisotopic (exact) mass is 398 g/mol. The highest BCUT2D eigenvalue weighted by molar-refractivity contribution is 6.14. The van der Waals surface area contributed by atoms with Gasteiger partial charge in [-0.15, -0.1) is 0 Å². The number of rotatable bonds is 2. The van der Waals surface area contributed by atoms with Crippen molar-refractivity contribution in [3.05, 3.63) is 34.3 Å². The van der Waals surface area contributed by atoms with Crippen LogP contribution in [0.1, 0.15) is 78.8 Å². The second-order valence-electron chi connectivity index (χ2n) is 8.65. The third-order valence-electron chi connectivity index (χ3n) is 7.17. The Labute approximate surface area is 167 Å². The molecule has 3 aliphatic carbocycles. The van der Waals surface area contributed by atoms with Crippen LogP contribution >= 0.6 is 0 Å². The Morgan fingerprint density at radius 1 is 1.31 bits per heavy atom. The summed E-state index contributed by atoms with van der Waals surface area (Å²) in [6.07, 6.45) is 1.95. The van der Waals surface area contributed by atoms with Gasteiger partial charge in [-0.1, -0.05) is 13.8 Å². The predicted molar refractivity (Wildman–Crippen MR) is 98.3 cm³/mol. The molecule has 5 rings (SSSR count). The Morgan fingerprint density at radius 3 is 2.76 bits per heavy atom. The standard InChI is InChI=1S/C22H22O7/c1-4-12-17-15-10(21(26)29-12)8-27-20(15)19(25)16-11-5-6-14(24)22(11,3)7-13(18(16)17)28-9(2)23/h8,11-13,17H,4-7H2,1-3H3/t11-,12+,13+,17?,22-/m0/s1. The number of esters is 2. The lowest BCUT2D eigenvalue weighted by atomic mass is 9.58. The molecule has 1 unspecified atom stereocenters. The van der Waals surface area contributed by atoms with E-state index in [0.29, 0.717) is 42.4 Å². The molecule has 1 aromatic heterocycles. The average molecular weight is 398 g/mol. The molecule has 0 amide bonds. The van der Waals surface area contributed by atoms with Gasteiger partial charge < -0.3 is 13.9 Å². The molecular weight excluding hydrogens is 376 g/mol. The minimum Gasteiger partial charge on any atom is -0.460 e. The largest absolute Gasteiger partial charge is 0.460 e. The van der Waals surface area contributed by atoms with Crippen LogP contribution in [0.5, 0.6) is 0 Å². The molecule has 1 saturated carbocycles. The van der Waals surface area contributed by atoms with Crippen molar-refractivity contribution in [2.45, 2.75) is 64.6 Å². The minimum atomic E-state index is -0.755. The highest BCUT2D eigenvalue weighted by Crippen LogP contribution is 2.59. The van der Waals surface area contributed by atoms with Crippen LogP contribution in [-0.4, -0.2) is 35.7 Å². The van der Waals surface area contributed by atoms with Crippen molar-refractivity contribution in [3.8, 4) is 0 Å². The number of ether oxygens (including phenoxy) is 2. The van der Waals surface area contributed by atoms with Crippen LogP contribution in [0.3, 0.4) is 0 Å². The molecule has 0 spiro atoms. The Balaban J connectivity index is 1.78. The third kappa shape index (κ3) is 2.24. The lowest BCUT2D eigenvalue weighted by Gasteiger charge is -2.47. The Morgan fingerprint density at radius 2 is 2.07 bits per heavy atom. The fraction of sp³-hybridized carbons (Fsp3) is 0.545. The van der Waals surface area contributed by atoms with E-state index in [4.69, 9.17) is 13.9 Å². The molecule has 7 nitrogen and oxygen atoms in total. The fourth-order valence-corrected chi connectivity index (χ4v) is 5.89. The van der Waals surface area contributed by atoms with E-state index < -0.39 is 35.5 Å². The number of cyclic esters (lactones) is 1. The van der Waals surface area contributed by atoms with Gasteiger partial charge in [0.25, 0.3) is 0 Å². The van der Waals surface area contributed by atoms with Crippen molar-refractivity contribution < 1.29 is 33.1 Å². The molecule has 1 aliphatic heterocycles. The number of carbonyl (C=O) groups is 4. The Bertz CT molecular complexity index is 1010. The first-order chi connectivity index (χ1) is 13.8. The van der Waals surface area contributed by atoms with Gasteiger partial charge in [-0.2, -0.15) is 0 Å². The first kappa shape index (κ1) is 18.3. The van der Waals surface area contributed by atoms with Gasteiger partial charge in [0.2, 0.25) is 5.78 Å². The first-order valence-electron chi connectivity index (χ1n) is 10.1. The maximum absolute atomic E-state index is 13.5. The van der Waals surface area contributed by atoms with Gasteiger partial charge in [0.1, 0.15) is 29.8 Å². The topological polar surface area (TPSA) is 99.9 Å². The Kier molecular flexibility index (Phi) is 3.73. The summed E-state index contributed by atoms with van der Waals surface area (Å²) in [6.45, 7) is 5.09. The third-order valence-corrected chi connectivity index (χ3v) is 7.17. The van der Waals surface area contributed by atoms with E-state index in [2.05, 4.69) is 0 Å². The SMILES string of the molecule is CC[C@H]1OC(=O)c2coc3c2C1C1=C(C3=O)[C@@H]2CCC(=O)[C@@]2(C)C[C@H]1OC(C)=O. The number of carbonyl (C=O) groups excluding carboxylic acids is 4. The van der Waals surface area contributed by atoms with E-state index in [-0.39, 0.29) is 28.8 Å². The van der Waals surface area contributed by atoms with Gasteiger partial charge in [-0.05, 0) is 18.4 Å². The zero-order chi connectivity index (χ0) is 20.7. The van der Waals surface area contributed by atoms with Crippen LogP contribution in [0.25, 0.3) is 0 Å². The second-order valence-corrected chi connectivity index (χ2v) is 8.65. The highest BCUT2D eigenvalue weighted by atomic mass is 16.6. The summed E-state index contributed by atoms with van der Waals surface area (Å²) in [5.41, 5.74) is 1.26. The summed E-state index contributed by atoms with van der Waals surface area (Å²) < 4.78 is 16.9. The average Bonchev–Trinajstić information content (AvgIpc) is 3.23. The Hall–Kier alpha value is -2.70. The molecule has 1 fully saturated rings. The molecule has 0 aromatic carbocycles. The number of hydrogen-bond acceptors (Lipinski definition) is 7. The summed E-state index contributed by atoms with van der Waals surface area (Å²) in [7, 11) is 0. The van der Waals surface area contributed by atoms with Crippen LogP contribution in [-0.2, 0) is 19.1 Å². The molecule has 2 heterocycles. The number of ketones is 2. The van der Waals surface area contributed by atoms with Crippen molar-refractivity contribution in [3.63, 3.8) is 0 Å². The second kappa shape index (κ2) is 5.90. The van der Waals surface area contributed by atoms with E-state index >= 15 is 0 Å². The van der Waals surface area contributed by atoms with E-state index in [1.54, 1.807) is 0 Å². The van der Waals surface area contributed by atoms with Gasteiger partial charge >= 0.3 is 11.9 Å². The lowest BCUT2D eigenvalue weighted by Crippen LogP contribution is -2.48. The molecule has 7 heteroatoms. The van der Waals surface area contributed by atoms with E-state index in [9.17, 15) is 19.2 Å². The van der Waals surface area contributed by atoms with Gasteiger partial charge in [0.15, 0.2) is 5.76 Å². The minimum absolute atomic E-state index is 0.0899. The quantitative estimate of drug-likeness (QED) is 0.706. The fourth-order valence-electron chi connectivity index (χ4n) is 5.89. The smallest absolute Gasteiger partial charge is 0.342 e. The first-order valence-corrected chi connectivity index (χ1v) is 10.1.